The van der Waals surface area contributed by atoms with Crippen LogP contribution < -0.4 is 0 Å². The predicted octanol–water partition coefficient (Wildman–Crippen LogP) is 9.72. The van der Waals surface area contributed by atoms with Crippen LogP contribution in [0.4, 0.5) is 0 Å². The van der Waals surface area contributed by atoms with Crippen molar-refractivity contribution in [1.29, 1.82) is 0 Å². The summed E-state index contributed by atoms with van der Waals surface area (Å²) in [7, 11) is 0. The maximum Gasteiger partial charge on any atom is 0.156 e. The van der Waals surface area contributed by atoms with E-state index in [0.29, 0.717) is 0 Å². The van der Waals surface area contributed by atoms with Crippen LogP contribution in [0, 0.1) is 0 Å². The quantitative estimate of drug-likeness (QED) is 0.215. The Labute approximate surface area is 244 Å². The van der Waals surface area contributed by atoms with Gasteiger partial charge in [-0.3, -0.25) is 9.55 Å². The molecule has 0 aliphatic rings. The van der Waals surface area contributed by atoms with E-state index in [2.05, 4.69) is 106 Å². The van der Waals surface area contributed by atoms with Crippen LogP contribution in [0.1, 0.15) is 0 Å². The highest BCUT2D eigenvalue weighted by atomic mass is 16.3. The lowest BCUT2D eigenvalue weighted by atomic mass is 10.1. The summed E-state index contributed by atoms with van der Waals surface area (Å²) in [5.41, 5.74) is 8.95. The minimum atomic E-state index is 0.777. The molecule has 0 aliphatic heterocycles. The highest BCUT2D eigenvalue weighted by Crippen LogP contribution is 2.45. The molecule has 0 amide bonds. The van der Waals surface area contributed by atoms with Crippen molar-refractivity contribution < 1.29 is 4.42 Å². The van der Waals surface area contributed by atoms with Crippen LogP contribution in [-0.4, -0.2) is 19.1 Å². The first-order valence-corrected chi connectivity index (χ1v) is 14.4. The summed E-state index contributed by atoms with van der Waals surface area (Å²) in [5.74, 6) is 0.777. The molecule has 0 spiro atoms. The first kappa shape index (κ1) is 22.7. The Morgan fingerprint density at radius 1 is 0.488 bits per heavy atom. The van der Waals surface area contributed by atoms with Gasteiger partial charge in [0.2, 0.25) is 0 Å². The Hall–Kier alpha value is -5.94. The van der Waals surface area contributed by atoms with Gasteiger partial charge in [0.15, 0.2) is 5.82 Å². The van der Waals surface area contributed by atoms with E-state index < -0.39 is 0 Å². The average molecular weight is 551 g/mol. The van der Waals surface area contributed by atoms with Gasteiger partial charge in [-0.1, -0.05) is 84.9 Å². The fourth-order valence-electron chi connectivity index (χ4n) is 6.98. The summed E-state index contributed by atoms with van der Waals surface area (Å²) >= 11 is 0. The van der Waals surface area contributed by atoms with Gasteiger partial charge in [0.05, 0.1) is 50.4 Å². The molecule has 0 radical (unpaired) electrons. The van der Waals surface area contributed by atoms with Gasteiger partial charge in [-0.25, -0.2) is 4.98 Å². The third-order valence-corrected chi connectivity index (χ3v) is 8.74. The van der Waals surface area contributed by atoms with Crippen molar-refractivity contribution >= 4 is 76.6 Å². The number of furan rings is 1. The van der Waals surface area contributed by atoms with Crippen molar-refractivity contribution in [3.8, 4) is 11.5 Å². The third kappa shape index (κ3) is 3.00. The summed E-state index contributed by atoms with van der Waals surface area (Å²) in [6.07, 6.45) is 1.89. The zero-order valence-electron chi connectivity index (χ0n) is 22.9. The van der Waals surface area contributed by atoms with Gasteiger partial charge in [0.1, 0.15) is 11.2 Å². The molecule has 0 N–H and O–H groups in total. The lowest BCUT2D eigenvalue weighted by Gasteiger charge is -2.15. The topological polar surface area (TPSA) is 48.8 Å². The van der Waals surface area contributed by atoms with Gasteiger partial charge >= 0.3 is 0 Å². The number of aromatic nitrogens is 4. The normalized spacial score (nSPS) is 12.2. The second kappa shape index (κ2) is 8.30. The van der Waals surface area contributed by atoms with E-state index in [4.69, 9.17) is 14.4 Å². The molecule has 10 aromatic rings. The Morgan fingerprint density at radius 3 is 1.77 bits per heavy atom. The number of para-hydroxylation sites is 6. The summed E-state index contributed by atoms with van der Waals surface area (Å²) in [4.78, 5) is 10.00. The summed E-state index contributed by atoms with van der Waals surface area (Å²) in [6.45, 7) is 0. The first-order valence-electron chi connectivity index (χ1n) is 14.4. The molecule has 5 nitrogen and oxygen atoms in total. The molecule has 0 bridgehead atoms. The zero-order chi connectivity index (χ0) is 28.1. The third-order valence-electron chi connectivity index (χ3n) is 8.74. The van der Waals surface area contributed by atoms with Crippen LogP contribution in [0.15, 0.2) is 138 Å². The smallest absolute Gasteiger partial charge is 0.156 e. The zero-order valence-corrected chi connectivity index (χ0v) is 22.9. The number of hydrogen-bond donors (Lipinski definition) is 0. The SMILES string of the molecule is c1ccc2nc(-n3c4ccccc4c4cc5oc6ccccc6c5c(-n5c6ccccc6c6ccccc65)c43)cnc2c1. The molecular weight excluding hydrogens is 528 g/mol. The largest absolute Gasteiger partial charge is 0.456 e. The monoisotopic (exact) mass is 550 g/mol. The minimum Gasteiger partial charge on any atom is -0.456 e. The van der Waals surface area contributed by atoms with E-state index in [1.807, 2.05) is 36.5 Å². The minimum absolute atomic E-state index is 0.777. The number of hydrogen-bond acceptors (Lipinski definition) is 3. The number of benzene rings is 6. The van der Waals surface area contributed by atoms with E-state index >= 15 is 0 Å². The number of fused-ring (bicyclic) bond motifs is 10. The van der Waals surface area contributed by atoms with Gasteiger partial charge < -0.3 is 8.98 Å². The molecule has 4 heterocycles. The van der Waals surface area contributed by atoms with E-state index in [1.54, 1.807) is 0 Å². The molecule has 0 fully saturated rings. The maximum atomic E-state index is 6.59. The second-order valence-corrected chi connectivity index (χ2v) is 11.0. The predicted molar refractivity (Wildman–Crippen MR) is 175 cm³/mol. The molecule has 6 aromatic carbocycles. The fraction of sp³-hybridized carbons (Fsp3) is 0. The van der Waals surface area contributed by atoms with Gasteiger partial charge in [-0.05, 0) is 42.5 Å². The number of nitrogens with zero attached hydrogens (tertiary/aromatic N) is 4. The molecule has 10 rings (SSSR count). The number of rotatable bonds is 2. The lowest BCUT2D eigenvalue weighted by molar-refractivity contribution is 0.669. The molecule has 0 saturated heterocycles. The molecule has 0 unspecified atom stereocenters. The fourth-order valence-corrected chi connectivity index (χ4v) is 6.98. The van der Waals surface area contributed by atoms with Crippen LogP contribution in [0.5, 0.6) is 0 Å². The first-order chi connectivity index (χ1) is 21.3. The molecule has 4 aromatic heterocycles. The van der Waals surface area contributed by atoms with Gasteiger partial charge in [-0.2, -0.15) is 0 Å². The molecule has 43 heavy (non-hydrogen) atoms. The van der Waals surface area contributed by atoms with Gasteiger partial charge in [-0.15, -0.1) is 0 Å². The maximum absolute atomic E-state index is 6.59. The highest BCUT2D eigenvalue weighted by molar-refractivity contribution is 6.24. The van der Waals surface area contributed by atoms with Crippen molar-refractivity contribution in [3.63, 3.8) is 0 Å². The van der Waals surface area contributed by atoms with E-state index in [0.717, 1.165) is 77.3 Å². The Kier molecular flexibility index (Phi) is 4.39. The Balaban J connectivity index is 1.51. The lowest BCUT2D eigenvalue weighted by Crippen LogP contribution is -2.03. The standard InChI is InChI=1S/C38H22N4O/c1-7-17-30-23(11-1)24-12-2-8-18-31(24)41(30)38-36-26-14-4-10-20-33(26)43-34(36)21-27-25-13-3-9-19-32(25)42(37(27)38)35-22-39-28-15-5-6-16-29(28)40-35/h1-22H. The molecule has 200 valence electrons. The highest BCUT2D eigenvalue weighted by Gasteiger charge is 2.25. The molecule has 5 heteroatoms. The Bertz CT molecular complexity index is 2690. The molecule has 0 aliphatic carbocycles. The van der Waals surface area contributed by atoms with E-state index in [9.17, 15) is 0 Å². The van der Waals surface area contributed by atoms with Gasteiger partial charge in [0, 0.05) is 26.9 Å². The van der Waals surface area contributed by atoms with Crippen LogP contribution in [0.25, 0.3) is 88.1 Å². The Morgan fingerprint density at radius 2 is 1.05 bits per heavy atom. The van der Waals surface area contributed by atoms with E-state index in [-0.39, 0.29) is 0 Å². The molecule has 0 saturated carbocycles. The van der Waals surface area contributed by atoms with Gasteiger partial charge in [0.25, 0.3) is 0 Å². The van der Waals surface area contributed by atoms with Crippen molar-refractivity contribution in [1.82, 2.24) is 19.1 Å². The summed E-state index contributed by atoms with van der Waals surface area (Å²) in [6, 6.07) is 44.4. The molecule has 0 atom stereocenters. The molecular formula is C38H22N4O. The average Bonchev–Trinajstić information content (AvgIpc) is 3.71. The van der Waals surface area contributed by atoms with Crippen LogP contribution >= 0.6 is 0 Å². The van der Waals surface area contributed by atoms with E-state index in [1.165, 1.54) is 10.8 Å². The van der Waals surface area contributed by atoms with Crippen LogP contribution in [0.3, 0.4) is 0 Å². The van der Waals surface area contributed by atoms with Crippen molar-refractivity contribution in [3.05, 3.63) is 134 Å². The summed E-state index contributed by atoms with van der Waals surface area (Å²) in [5, 5.41) is 6.82. The summed E-state index contributed by atoms with van der Waals surface area (Å²) < 4.78 is 11.3. The van der Waals surface area contributed by atoms with Crippen molar-refractivity contribution in [2.45, 2.75) is 0 Å². The van der Waals surface area contributed by atoms with Crippen LogP contribution in [-0.2, 0) is 0 Å². The van der Waals surface area contributed by atoms with Crippen molar-refractivity contribution in [2.24, 2.45) is 0 Å². The van der Waals surface area contributed by atoms with Crippen molar-refractivity contribution in [2.75, 3.05) is 0 Å². The second-order valence-electron chi connectivity index (χ2n) is 11.0. The van der Waals surface area contributed by atoms with Crippen LogP contribution in [0.2, 0.25) is 0 Å².